The number of carbonyl (C=O) groups excluding carboxylic acids is 1. The van der Waals surface area contributed by atoms with E-state index in [2.05, 4.69) is 9.72 Å². The standard InChI is InChI=1S/C10H13N3O4/c1-12(6-5-10(14)17-2)8-3-4-9(11-7-8)13(15)16/h3-4,7H,5-6H2,1-2H3. The molecule has 1 aromatic heterocycles. The normalized spacial score (nSPS) is 9.76. The van der Waals surface area contributed by atoms with E-state index in [9.17, 15) is 14.9 Å². The number of nitro groups is 1. The average molecular weight is 239 g/mol. The van der Waals surface area contributed by atoms with Crippen molar-refractivity contribution in [3.63, 3.8) is 0 Å². The summed E-state index contributed by atoms with van der Waals surface area (Å²) in [7, 11) is 3.10. The highest BCUT2D eigenvalue weighted by molar-refractivity contribution is 5.70. The monoisotopic (exact) mass is 239 g/mol. The Hall–Kier alpha value is -2.18. The van der Waals surface area contributed by atoms with E-state index in [0.29, 0.717) is 12.2 Å². The molecule has 0 aliphatic heterocycles. The second kappa shape index (κ2) is 5.78. The first kappa shape index (κ1) is 12.9. The molecule has 1 heterocycles. The zero-order chi connectivity index (χ0) is 12.8. The minimum Gasteiger partial charge on any atom is -0.469 e. The summed E-state index contributed by atoms with van der Waals surface area (Å²) >= 11 is 0. The van der Waals surface area contributed by atoms with Gasteiger partial charge in [0.25, 0.3) is 0 Å². The predicted molar refractivity (Wildman–Crippen MR) is 60.8 cm³/mol. The number of hydrogen-bond donors (Lipinski definition) is 0. The number of ether oxygens (including phenoxy) is 1. The lowest BCUT2D eigenvalue weighted by atomic mass is 10.3. The number of rotatable bonds is 5. The second-order valence-corrected chi connectivity index (χ2v) is 3.38. The molecule has 0 bridgehead atoms. The first-order valence-electron chi connectivity index (χ1n) is 4.93. The van der Waals surface area contributed by atoms with Crippen LogP contribution in [0.25, 0.3) is 0 Å². The first-order valence-corrected chi connectivity index (χ1v) is 4.93. The maximum atomic E-state index is 10.9. The molecule has 17 heavy (non-hydrogen) atoms. The van der Waals surface area contributed by atoms with Crippen molar-refractivity contribution in [1.82, 2.24) is 4.98 Å². The number of aromatic nitrogens is 1. The highest BCUT2D eigenvalue weighted by Gasteiger charge is 2.10. The molecule has 0 saturated heterocycles. The van der Waals surface area contributed by atoms with Crippen molar-refractivity contribution in [3.05, 3.63) is 28.4 Å². The lowest BCUT2D eigenvalue weighted by Gasteiger charge is -2.16. The zero-order valence-corrected chi connectivity index (χ0v) is 9.62. The van der Waals surface area contributed by atoms with E-state index in [1.807, 2.05) is 0 Å². The van der Waals surface area contributed by atoms with Crippen molar-refractivity contribution >= 4 is 17.5 Å². The summed E-state index contributed by atoms with van der Waals surface area (Å²) in [6.07, 6.45) is 1.65. The van der Waals surface area contributed by atoms with E-state index in [-0.39, 0.29) is 18.2 Å². The number of carbonyl (C=O) groups is 1. The lowest BCUT2D eigenvalue weighted by molar-refractivity contribution is -0.389. The molecule has 0 radical (unpaired) electrons. The van der Waals surface area contributed by atoms with Crippen LogP contribution < -0.4 is 4.90 Å². The van der Waals surface area contributed by atoms with Crippen molar-refractivity contribution in [2.45, 2.75) is 6.42 Å². The summed E-state index contributed by atoms with van der Waals surface area (Å²) in [5.41, 5.74) is 0.708. The fourth-order valence-corrected chi connectivity index (χ4v) is 1.20. The van der Waals surface area contributed by atoms with Crippen LogP contribution in [0.4, 0.5) is 11.5 Å². The van der Waals surface area contributed by atoms with Gasteiger partial charge < -0.3 is 19.8 Å². The van der Waals surface area contributed by atoms with Gasteiger partial charge >= 0.3 is 11.8 Å². The third-order valence-electron chi connectivity index (χ3n) is 2.24. The number of esters is 1. The van der Waals surface area contributed by atoms with Gasteiger partial charge in [-0.05, 0) is 16.0 Å². The topological polar surface area (TPSA) is 85.6 Å². The third-order valence-corrected chi connectivity index (χ3v) is 2.24. The molecule has 0 amide bonds. The van der Waals surface area contributed by atoms with Crippen molar-refractivity contribution in [2.75, 3.05) is 25.6 Å². The Morgan fingerprint density at radius 3 is 2.76 bits per heavy atom. The molecule has 7 heteroatoms. The van der Waals surface area contributed by atoms with Gasteiger partial charge in [-0.15, -0.1) is 0 Å². The Labute approximate surface area is 98.2 Å². The van der Waals surface area contributed by atoms with Crippen LogP contribution in [-0.2, 0) is 9.53 Å². The van der Waals surface area contributed by atoms with Crippen LogP contribution in [0.1, 0.15) is 6.42 Å². The van der Waals surface area contributed by atoms with Gasteiger partial charge in [0, 0.05) is 19.7 Å². The van der Waals surface area contributed by atoms with Gasteiger partial charge in [0.1, 0.15) is 0 Å². The molecule has 0 atom stereocenters. The summed E-state index contributed by atoms with van der Waals surface area (Å²) in [5, 5.41) is 10.4. The Balaban J connectivity index is 2.60. The molecule has 1 rings (SSSR count). The maximum Gasteiger partial charge on any atom is 0.363 e. The molecule has 0 unspecified atom stereocenters. The van der Waals surface area contributed by atoms with Crippen LogP contribution in [0.2, 0.25) is 0 Å². The van der Waals surface area contributed by atoms with E-state index in [1.165, 1.54) is 19.4 Å². The van der Waals surface area contributed by atoms with Crippen molar-refractivity contribution in [1.29, 1.82) is 0 Å². The van der Waals surface area contributed by atoms with Crippen molar-refractivity contribution in [3.8, 4) is 0 Å². The van der Waals surface area contributed by atoms with Crippen LogP contribution in [0, 0.1) is 10.1 Å². The first-order chi connectivity index (χ1) is 8.04. The molecular weight excluding hydrogens is 226 g/mol. The second-order valence-electron chi connectivity index (χ2n) is 3.38. The van der Waals surface area contributed by atoms with Crippen LogP contribution in [-0.4, -0.2) is 36.6 Å². The van der Waals surface area contributed by atoms with Gasteiger partial charge in [-0.3, -0.25) is 4.79 Å². The van der Waals surface area contributed by atoms with Crippen molar-refractivity contribution in [2.24, 2.45) is 0 Å². The van der Waals surface area contributed by atoms with Gasteiger partial charge in [-0.2, -0.15) is 0 Å². The summed E-state index contributed by atoms with van der Waals surface area (Å²) in [6.45, 7) is 0.464. The average Bonchev–Trinajstić information content (AvgIpc) is 2.35. The van der Waals surface area contributed by atoms with Crippen LogP contribution in [0.3, 0.4) is 0 Å². The van der Waals surface area contributed by atoms with Gasteiger partial charge in [0.15, 0.2) is 6.20 Å². The van der Waals surface area contributed by atoms with E-state index < -0.39 is 4.92 Å². The number of nitrogens with zero attached hydrogens (tertiary/aromatic N) is 3. The van der Waals surface area contributed by atoms with Crippen molar-refractivity contribution < 1.29 is 14.5 Å². The lowest BCUT2D eigenvalue weighted by Crippen LogP contribution is -2.21. The molecule has 0 aromatic carbocycles. The SMILES string of the molecule is COC(=O)CCN(C)c1ccc([N+](=O)[O-])nc1. The molecular formula is C10H13N3O4. The van der Waals surface area contributed by atoms with E-state index in [1.54, 1.807) is 18.0 Å². The minimum absolute atomic E-state index is 0.199. The number of hydrogen-bond acceptors (Lipinski definition) is 6. The van der Waals surface area contributed by atoms with Crippen LogP contribution in [0.5, 0.6) is 0 Å². The molecule has 7 nitrogen and oxygen atoms in total. The summed E-state index contributed by atoms with van der Waals surface area (Å²) < 4.78 is 4.52. The Morgan fingerprint density at radius 1 is 1.59 bits per heavy atom. The van der Waals surface area contributed by atoms with Gasteiger partial charge in [-0.25, -0.2) is 0 Å². The Morgan fingerprint density at radius 2 is 2.29 bits per heavy atom. The quantitative estimate of drug-likeness (QED) is 0.432. The Bertz CT molecular complexity index is 405. The third kappa shape index (κ3) is 3.71. The summed E-state index contributed by atoms with van der Waals surface area (Å²) in [6, 6.07) is 2.91. The van der Waals surface area contributed by atoms with E-state index in [4.69, 9.17) is 0 Å². The molecule has 0 aliphatic carbocycles. The molecule has 0 N–H and O–H groups in total. The summed E-state index contributed by atoms with van der Waals surface area (Å²) in [4.78, 5) is 26.2. The van der Waals surface area contributed by atoms with Crippen LogP contribution in [0.15, 0.2) is 18.3 Å². The fourth-order valence-electron chi connectivity index (χ4n) is 1.20. The summed E-state index contributed by atoms with van der Waals surface area (Å²) in [5.74, 6) is -0.498. The van der Waals surface area contributed by atoms with Gasteiger partial charge in [0.2, 0.25) is 0 Å². The number of anilines is 1. The zero-order valence-electron chi connectivity index (χ0n) is 9.62. The fraction of sp³-hybridized carbons (Fsp3) is 0.400. The molecule has 0 aliphatic rings. The highest BCUT2D eigenvalue weighted by atomic mass is 16.6. The van der Waals surface area contributed by atoms with Gasteiger partial charge in [-0.1, -0.05) is 0 Å². The smallest absolute Gasteiger partial charge is 0.363 e. The molecule has 0 spiro atoms. The highest BCUT2D eigenvalue weighted by Crippen LogP contribution is 2.15. The van der Waals surface area contributed by atoms with E-state index in [0.717, 1.165) is 0 Å². The van der Waals surface area contributed by atoms with E-state index >= 15 is 0 Å². The van der Waals surface area contributed by atoms with Crippen LogP contribution >= 0.6 is 0 Å². The molecule has 0 fully saturated rings. The van der Waals surface area contributed by atoms with Gasteiger partial charge in [0.05, 0.1) is 19.2 Å². The largest absolute Gasteiger partial charge is 0.469 e. The minimum atomic E-state index is -0.557. The number of methoxy groups -OCH3 is 1. The molecule has 0 saturated carbocycles. The Kier molecular flexibility index (Phi) is 4.38. The molecule has 92 valence electrons. The molecule has 1 aromatic rings. The maximum absolute atomic E-state index is 10.9. The number of pyridine rings is 1. The predicted octanol–water partition coefficient (Wildman–Crippen LogP) is 0.989.